The zero-order chi connectivity index (χ0) is 23.2. The number of aromatic nitrogens is 1. The zero-order valence-electron chi connectivity index (χ0n) is 19.6. The lowest BCUT2D eigenvalue weighted by Gasteiger charge is -2.38. The average Bonchev–Trinajstić information content (AvgIpc) is 3.39. The first-order chi connectivity index (χ1) is 16.0. The van der Waals surface area contributed by atoms with E-state index in [-0.39, 0.29) is 18.0 Å². The van der Waals surface area contributed by atoms with E-state index < -0.39 is 0 Å². The molecule has 0 unspecified atom stereocenters. The van der Waals surface area contributed by atoms with Crippen LogP contribution < -0.4 is 4.72 Å². The Bertz CT molecular complexity index is 998. The maximum atomic E-state index is 13.5. The third-order valence-corrected chi connectivity index (χ3v) is 7.47. The second-order valence-corrected chi connectivity index (χ2v) is 10.0. The lowest BCUT2D eigenvalue weighted by molar-refractivity contribution is -0.141. The molecule has 0 radical (unpaired) electrons. The van der Waals surface area contributed by atoms with Crippen molar-refractivity contribution in [2.75, 3.05) is 0 Å². The number of nitrogens with one attached hydrogen (secondary N) is 1. The molecule has 1 amide bonds. The number of carbonyl (C=O) groups excluding carboxylic acids is 1. The van der Waals surface area contributed by atoms with Crippen LogP contribution in [0.4, 0.5) is 0 Å². The van der Waals surface area contributed by atoms with Gasteiger partial charge in [0.05, 0.1) is 6.04 Å². The highest BCUT2D eigenvalue weighted by Crippen LogP contribution is 2.32. The van der Waals surface area contributed by atoms with Gasteiger partial charge in [-0.05, 0) is 76.1 Å². The van der Waals surface area contributed by atoms with Crippen LogP contribution in [0.25, 0.3) is 11.3 Å². The summed E-state index contributed by atoms with van der Waals surface area (Å²) in [6.45, 7) is 6.38. The highest BCUT2D eigenvalue weighted by atomic mass is 32.2. The van der Waals surface area contributed by atoms with E-state index in [9.17, 15) is 4.79 Å². The van der Waals surface area contributed by atoms with Crippen molar-refractivity contribution >= 4 is 17.9 Å². The first-order valence-electron chi connectivity index (χ1n) is 11.8. The van der Waals surface area contributed by atoms with Gasteiger partial charge in [-0.25, -0.2) is 4.98 Å². The largest absolute Gasteiger partial charge is 0.451 e. The summed E-state index contributed by atoms with van der Waals surface area (Å²) in [7, 11) is 0. The Balaban J connectivity index is 1.28. The summed E-state index contributed by atoms with van der Waals surface area (Å²) in [6, 6.07) is 19.4. The van der Waals surface area contributed by atoms with Crippen molar-refractivity contribution in [3.8, 4) is 11.3 Å². The van der Waals surface area contributed by atoms with E-state index in [0.29, 0.717) is 11.9 Å². The van der Waals surface area contributed by atoms with Crippen molar-refractivity contribution in [3.63, 3.8) is 0 Å². The third kappa shape index (κ3) is 5.87. The number of oxazole rings is 1. The van der Waals surface area contributed by atoms with Gasteiger partial charge in [-0.15, -0.1) is 0 Å². The number of benzene rings is 2. The highest BCUT2D eigenvalue weighted by molar-refractivity contribution is 7.97. The Morgan fingerprint density at radius 3 is 2.33 bits per heavy atom. The van der Waals surface area contributed by atoms with Gasteiger partial charge in [0, 0.05) is 28.5 Å². The topological polar surface area (TPSA) is 58.4 Å². The van der Waals surface area contributed by atoms with Crippen LogP contribution in [-0.4, -0.2) is 27.9 Å². The third-order valence-electron chi connectivity index (χ3n) is 6.51. The summed E-state index contributed by atoms with van der Waals surface area (Å²) in [5.41, 5.74) is 3.09. The van der Waals surface area contributed by atoms with Crippen LogP contribution in [0, 0.1) is 5.92 Å². The summed E-state index contributed by atoms with van der Waals surface area (Å²) in [4.78, 5) is 20.9. The van der Waals surface area contributed by atoms with E-state index in [4.69, 9.17) is 4.42 Å². The molecule has 6 heteroatoms. The predicted octanol–water partition coefficient (Wildman–Crippen LogP) is 6.50. The van der Waals surface area contributed by atoms with E-state index in [1.54, 1.807) is 18.2 Å². The Morgan fingerprint density at radius 1 is 1.03 bits per heavy atom. The molecule has 1 heterocycles. The standard InChI is InChI=1S/C27H33N3O2S/c1-19(2)30(20(3)21-7-5-4-6-8-21)27(31)23-9-13-24(14-10-23)29-33-25-15-11-22(12-16-25)26-17-32-18-28-26/h4-8,11-12,15-20,23-24,29H,9-10,13-14H2,1-3H3/t20-,23?,24?/m1/s1. The lowest BCUT2D eigenvalue weighted by atomic mass is 9.85. The molecule has 0 aliphatic heterocycles. The molecule has 1 aliphatic carbocycles. The summed E-state index contributed by atoms with van der Waals surface area (Å²) in [5.74, 6) is 0.416. The predicted molar refractivity (Wildman–Crippen MR) is 134 cm³/mol. The fourth-order valence-corrected chi connectivity index (χ4v) is 5.46. The molecule has 3 aromatic rings. The van der Waals surface area contributed by atoms with E-state index in [0.717, 1.165) is 36.9 Å². The molecule has 33 heavy (non-hydrogen) atoms. The van der Waals surface area contributed by atoms with Gasteiger partial charge in [-0.2, -0.15) is 0 Å². The molecule has 1 fully saturated rings. The maximum absolute atomic E-state index is 13.5. The van der Waals surface area contributed by atoms with Crippen LogP contribution in [0.2, 0.25) is 0 Å². The van der Waals surface area contributed by atoms with Gasteiger partial charge < -0.3 is 9.32 Å². The van der Waals surface area contributed by atoms with Gasteiger partial charge in [0.2, 0.25) is 5.91 Å². The molecule has 1 N–H and O–H groups in total. The van der Waals surface area contributed by atoms with Crippen LogP contribution in [0.3, 0.4) is 0 Å². The van der Waals surface area contributed by atoms with Gasteiger partial charge in [0.15, 0.2) is 6.39 Å². The number of carbonyl (C=O) groups is 1. The average molecular weight is 464 g/mol. The molecule has 0 spiro atoms. The number of amides is 1. The fraction of sp³-hybridized carbons (Fsp3) is 0.407. The van der Waals surface area contributed by atoms with E-state index in [1.165, 1.54) is 16.9 Å². The van der Waals surface area contributed by atoms with E-state index in [2.05, 4.69) is 71.8 Å². The summed E-state index contributed by atoms with van der Waals surface area (Å²) < 4.78 is 8.67. The molecule has 174 valence electrons. The van der Waals surface area contributed by atoms with Crippen molar-refractivity contribution in [3.05, 3.63) is 72.8 Å². The molecule has 2 aromatic carbocycles. The Morgan fingerprint density at radius 2 is 1.73 bits per heavy atom. The monoisotopic (exact) mass is 463 g/mol. The van der Waals surface area contributed by atoms with Gasteiger partial charge in [0.25, 0.3) is 0 Å². The number of hydrogen-bond acceptors (Lipinski definition) is 5. The van der Waals surface area contributed by atoms with Crippen molar-refractivity contribution in [1.82, 2.24) is 14.6 Å². The maximum Gasteiger partial charge on any atom is 0.226 e. The SMILES string of the molecule is CC(C)N(C(=O)C1CCC(NSc2ccc(-c3cocn3)cc2)CC1)[C@H](C)c1ccccc1. The minimum absolute atomic E-state index is 0.0883. The second-order valence-electron chi connectivity index (χ2n) is 9.09. The van der Waals surface area contributed by atoms with Crippen molar-refractivity contribution < 1.29 is 9.21 Å². The molecule has 1 atom stereocenters. The van der Waals surface area contributed by atoms with Crippen LogP contribution in [-0.2, 0) is 4.79 Å². The van der Waals surface area contributed by atoms with Gasteiger partial charge in [-0.1, -0.05) is 42.5 Å². The number of hydrogen-bond donors (Lipinski definition) is 1. The molecule has 1 aliphatic rings. The van der Waals surface area contributed by atoms with E-state index in [1.807, 2.05) is 18.2 Å². The Labute approximate surface area is 201 Å². The van der Waals surface area contributed by atoms with Crippen LogP contribution >= 0.6 is 11.9 Å². The highest BCUT2D eigenvalue weighted by Gasteiger charge is 2.33. The molecule has 1 saturated carbocycles. The first-order valence-corrected chi connectivity index (χ1v) is 12.6. The Kier molecular flexibility index (Phi) is 7.89. The van der Waals surface area contributed by atoms with Gasteiger partial charge in [0.1, 0.15) is 12.0 Å². The van der Waals surface area contributed by atoms with Crippen molar-refractivity contribution in [2.24, 2.45) is 5.92 Å². The Hall–Kier alpha value is -2.57. The first kappa shape index (κ1) is 23.6. The molecular weight excluding hydrogens is 430 g/mol. The molecule has 1 aromatic heterocycles. The van der Waals surface area contributed by atoms with Crippen LogP contribution in [0.15, 0.2) is 76.6 Å². The summed E-state index contributed by atoms with van der Waals surface area (Å²) in [5, 5.41) is 0. The normalized spacial score (nSPS) is 19.4. The van der Waals surface area contributed by atoms with Gasteiger partial charge in [-0.3, -0.25) is 9.52 Å². The molecule has 5 nitrogen and oxygen atoms in total. The van der Waals surface area contributed by atoms with Crippen LogP contribution in [0.5, 0.6) is 0 Å². The molecular formula is C27H33N3O2S. The number of rotatable bonds is 8. The van der Waals surface area contributed by atoms with E-state index >= 15 is 0 Å². The second kappa shape index (κ2) is 11.0. The van der Waals surface area contributed by atoms with Crippen LogP contribution in [0.1, 0.15) is 58.1 Å². The smallest absolute Gasteiger partial charge is 0.226 e. The summed E-state index contributed by atoms with van der Waals surface area (Å²) >= 11 is 1.67. The quantitative estimate of drug-likeness (QED) is 0.387. The lowest BCUT2D eigenvalue weighted by Crippen LogP contribution is -2.44. The zero-order valence-corrected chi connectivity index (χ0v) is 20.4. The minimum Gasteiger partial charge on any atom is -0.451 e. The number of nitrogens with zero attached hydrogens (tertiary/aromatic N) is 2. The fourth-order valence-electron chi connectivity index (χ4n) is 4.65. The minimum atomic E-state index is 0.0883. The molecule has 0 saturated heterocycles. The van der Waals surface area contributed by atoms with Gasteiger partial charge >= 0.3 is 0 Å². The van der Waals surface area contributed by atoms with Crippen molar-refractivity contribution in [1.29, 1.82) is 0 Å². The summed E-state index contributed by atoms with van der Waals surface area (Å²) in [6.07, 6.45) is 7.02. The molecule has 0 bridgehead atoms. The van der Waals surface area contributed by atoms with Crippen molar-refractivity contribution in [2.45, 2.75) is 69.5 Å². The molecule has 4 rings (SSSR count).